The molecule has 0 bridgehead atoms. The van der Waals surface area contributed by atoms with Crippen molar-refractivity contribution in [1.82, 2.24) is 0 Å². The maximum atomic E-state index is 12.5. The van der Waals surface area contributed by atoms with Crippen LogP contribution in [0.15, 0.2) is 54.6 Å². The fraction of sp³-hybridized carbons (Fsp3) is 0.286. The topological polar surface area (TPSA) is 79.2 Å². The number of nitrogens with one attached hydrogen (secondary N) is 1. The van der Waals surface area contributed by atoms with Crippen molar-refractivity contribution < 1.29 is 14.3 Å². The van der Waals surface area contributed by atoms with E-state index in [4.69, 9.17) is 4.74 Å². The normalized spacial score (nSPS) is 15.0. The number of carbonyl (C=O) groups is 2. The number of hydrogen-bond donors (Lipinski definition) is 1. The van der Waals surface area contributed by atoms with E-state index in [0.717, 1.165) is 18.4 Å². The van der Waals surface area contributed by atoms with Crippen molar-refractivity contribution >= 4 is 17.6 Å². The fourth-order valence-corrected chi connectivity index (χ4v) is 3.15. The molecule has 0 radical (unpaired) electrons. The number of esters is 1. The Morgan fingerprint density at radius 2 is 1.81 bits per heavy atom. The van der Waals surface area contributed by atoms with Crippen LogP contribution in [0.4, 0.5) is 5.69 Å². The van der Waals surface area contributed by atoms with Crippen LogP contribution in [-0.2, 0) is 16.1 Å². The quantitative estimate of drug-likeness (QED) is 0.826. The van der Waals surface area contributed by atoms with E-state index in [1.54, 1.807) is 24.3 Å². The lowest BCUT2D eigenvalue weighted by Gasteiger charge is -2.19. The van der Waals surface area contributed by atoms with Crippen LogP contribution in [0.25, 0.3) is 0 Å². The van der Waals surface area contributed by atoms with Gasteiger partial charge < -0.3 is 10.1 Å². The summed E-state index contributed by atoms with van der Waals surface area (Å²) in [5, 5.41) is 12.2. The number of nitriles is 1. The minimum atomic E-state index is -0.955. The monoisotopic (exact) mass is 348 g/mol. The molecule has 1 fully saturated rings. The van der Waals surface area contributed by atoms with Gasteiger partial charge in [-0.3, -0.25) is 4.79 Å². The summed E-state index contributed by atoms with van der Waals surface area (Å²) in [5.41, 5.74) is 0.799. The lowest BCUT2D eigenvalue weighted by molar-refractivity contribution is -0.122. The van der Waals surface area contributed by atoms with Gasteiger partial charge in [-0.15, -0.1) is 0 Å². The molecular weight excluding hydrogens is 328 g/mol. The molecule has 0 saturated heterocycles. The number of rotatable bonds is 5. The van der Waals surface area contributed by atoms with Crippen molar-refractivity contribution in [2.24, 2.45) is 5.41 Å². The molecule has 1 N–H and O–H groups in total. The Balaban J connectivity index is 1.65. The van der Waals surface area contributed by atoms with Gasteiger partial charge in [-0.2, -0.15) is 5.26 Å². The van der Waals surface area contributed by atoms with Crippen molar-refractivity contribution in [3.63, 3.8) is 0 Å². The molecule has 132 valence electrons. The van der Waals surface area contributed by atoms with E-state index >= 15 is 0 Å². The van der Waals surface area contributed by atoms with E-state index in [2.05, 4.69) is 11.4 Å². The van der Waals surface area contributed by atoms with Crippen molar-refractivity contribution in [2.45, 2.75) is 32.3 Å². The Bertz CT molecular complexity index is 834. The summed E-state index contributed by atoms with van der Waals surface area (Å²) in [4.78, 5) is 24.8. The van der Waals surface area contributed by atoms with Crippen molar-refractivity contribution in [3.8, 4) is 6.07 Å². The first-order valence-corrected chi connectivity index (χ1v) is 8.67. The van der Waals surface area contributed by atoms with E-state index in [9.17, 15) is 14.9 Å². The Kier molecular flexibility index (Phi) is 5.33. The minimum Gasteiger partial charge on any atom is -0.457 e. The number of anilines is 1. The maximum absolute atomic E-state index is 12.5. The maximum Gasteiger partial charge on any atom is 0.338 e. The molecule has 0 atom stereocenters. The Morgan fingerprint density at radius 1 is 1.08 bits per heavy atom. The molecule has 5 heteroatoms. The molecule has 0 heterocycles. The van der Waals surface area contributed by atoms with E-state index in [1.165, 1.54) is 0 Å². The highest BCUT2D eigenvalue weighted by molar-refractivity contribution is 5.98. The first-order chi connectivity index (χ1) is 12.6. The average molecular weight is 348 g/mol. The zero-order valence-electron chi connectivity index (χ0n) is 14.4. The third-order valence-electron chi connectivity index (χ3n) is 4.67. The van der Waals surface area contributed by atoms with Crippen LogP contribution in [0.1, 0.15) is 41.6 Å². The van der Waals surface area contributed by atoms with Crippen LogP contribution in [0.5, 0.6) is 0 Å². The van der Waals surface area contributed by atoms with Crippen LogP contribution in [-0.4, -0.2) is 11.9 Å². The molecule has 1 saturated carbocycles. The molecule has 0 unspecified atom stereocenters. The number of ether oxygens (including phenoxy) is 1. The van der Waals surface area contributed by atoms with E-state index in [-0.39, 0.29) is 12.5 Å². The Labute approximate surface area is 152 Å². The van der Waals surface area contributed by atoms with Gasteiger partial charge in [-0.1, -0.05) is 49.2 Å². The number of carbonyl (C=O) groups excluding carboxylic acids is 2. The summed E-state index contributed by atoms with van der Waals surface area (Å²) in [6.07, 6.45) is 2.92. The second-order valence-corrected chi connectivity index (χ2v) is 6.50. The zero-order chi connectivity index (χ0) is 18.4. The van der Waals surface area contributed by atoms with Gasteiger partial charge in [0.2, 0.25) is 5.91 Å². The molecule has 2 aromatic rings. The molecule has 1 amide bonds. The standard InChI is InChI=1S/C21H20N2O3/c22-15-21(11-4-5-12-21)20(25)23-18-10-6-9-17(13-18)19(24)26-14-16-7-2-1-3-8-16/h1-3,6-10,13H,4-5,11-12,14H2,(H,23,25). The minimum absolute atomic E-state index is 0.188. The summed E-state index contributed by atoms with van der Waals surface area (Å²) in [6, 6.07) is 18.2. The molecule has 0 spiro atoms. The van der Waals surface area contributed by atoms with Gasteiger partial charge in [-0.25, -0.2) is 4.79 Å². The third-order valence-corrected chi connectivity index (χ3v) is 4.67. The molecule has 1 aliphatic rings. The van der Waals surface area contributed by atoms with Crippen molar-refractivity contribution in [3.05, 3.63) is 65.7 Å². The average Bonchev–Trinajstić information content (AvgIpc) is 3.17. The SMILES string of the molecule is N#CC1(C(=O)Nc2cccc(C(=O)OCc3ccccc3)c2)CCCC1. The fourth-order valence-electron chi connectivity index (χ4n) is 3.15. The van der Waals surface area contributed by atoms with E-state index in [1.807, 2.05) is 30.3 Å². The first kappa shape index (κ1) is 17.7. The molecular formula is C21H20N2O3. The van der Waals surface area contributed by atoms with Crippen LogP contribution in [0.2, 0.25) is 0 Å². The summed E-state index contributed by atoms with van der Waals surface area (Å²) >= 11 is 0. The van der Waals surface area contributed by atoms with Gasteiger partial charge in [0.1, 0.15) is 12.0 Å². The Hall–Kier alpha value is -3.13. The second-order valence-electron chi connectivity index (χ2n) is 6.50. The first-order valence-electron chi connectivity index (χ1n) is 8.67. The largest absolute Gasteiger partial charge is 0.457 e. The predicted octanol–water partition coefficient (Wildman–Crippen LogP) is 4.07. The van der Waals surface area contributed by atoms with Gasteiger partial charge >= 0.3 is 5.97 Å². The van der Waals surface area contributed by atoms with Gasteiger partial charge in [0.15, 0.2) is 0 Å². The highest BCUT2D eigenvalue weighted by Crippen LogP contribution is 2.38. The number of nitrogens with zero attached hydrogens (tertiary/aromatic N) is 1. The zero-order valence-corrected chi connectivity index (χ0v) is 14.4. The molecule has 2 aromatic carbocycles. The van der Waals surface area contributed by atoms with Crippen LogP contribution in [0, 0.1) is 16.7 Å². The van der Waals surface area contributed by atoms with Gasteiger partial charge in [0.05, 0.1) is 11.6 Å². The van der Waals surface area contributed by atoms with Crippen LogP contribution >= 0.6 is 0 Å². The van der Waals surface area contributed by atoms with E-state index in [0.29, 0.717) is 24.1 Å². The van der Waals surface area contributed by atoms with Crippen LogP contribution in [0.3, 0.4) is 0 Å². The number of hydrogen-bond acceptors (Lipinski definition) is 4. The predicted molar refractivity (Wildman–Crippen MR) is 97.1 cm³/mol. The van der Waals surface area contributed by atoms with Crippen molar-refractivity contribution in [1.29, 1.82) is 5.26 Å². The summed E-state index contributed by atoms with van der Waals surface area (Å²) in [5.74, 6) is -0.756. The number of amides is 1. The molecule has 1 aliphatic carbocycles. The Morgan fingerprint density at radius 3 is 2.50 bits per heavy atom. The second kappa shape index (κ2) is 7.83. The molecule has 0 aromatic heterocycles. The van der Waals surface area contributed by atoms with Crippen LogP contribution < -0.4 is 5.32 Å². The third kappa shape index (κ3) is 3.92. The summed E-state index contributed by atoms with van der Waals surface area (Å²) in [7, 11) is 0. The highest BCUT2D eigenvalue weighted by Gasteiger charge is 2.41. The van der Waals surface area contributed by atoms with Crippen molar-refractivity contribution in [2.75, 3.05) is 5.32 Å². The lowest BCUT2D eigenvalue weighted by atomic mass is 9.87. The van der Waals surface area contributed by atoms with E-state index < -0.39 is 11.4 Å². The van der Waals surface area contributed by atoms with Gasteiger partial charge in [-0.05, 0) is 36.6 Å². The molecule has 3 rings (SSSR count). The van der Waals surface area contributed by atoms with Gasteiger partial charge in [0, 0.05) is 5.69 Å². The molecule has 0 aliphatic heterocycles. The molecule has 26 heavy (non-hydrogen) atoms. The summed E-state index contributed by atoms with van der Waals surface area (Å²) in [6.45, 7) is 0.188. The number of benzene rings is 2. The smallest absolute Gasteiger partial charge is 0.338 e. The lowest BCUT2D eigenvalue weighted by Crippen LogP contribution is -2.32. The highest BCUT2D eigenvalue weighted by atomic mass is 16.5. The molecule has 5 nitrogen and oxygen atoms in total. The van der Waals surface area contributed by atoms with Gasteiger partial charge in [0.25, 0.3) is 0 Å². The summed E-state index contributed by atoms with van der Waals surface area (Å²) < 4.78 is 5.31.